The third kappa shape index (κ3) is 38.5. The lowest BCUT2D eigenvalue weighted by Crippen LogP contribution is -2.25. The Morgan fingerprint density at radius 2 is 0.918 bits per heavy atom. The first-order chi connectivity index (χ1) is 23.8. The van der Waals surface area contributed by atoms with Crippen molar-refractivity contribution in [1.82, 2.24) is 0 Å². The first kappa shape index (κ1) is 46.8. The Kier molecular flexibility index (Phi) is 35.4. The normalized spacial score (nSPS) is 13.4. The van der Waals surface area contributed by atoms with Crippen molar-refractivity contribution in [2.45, 2.75) is 193 Å². The van der Waals surface area contributed by atoms with Crippen LogP contribution in [0.25, 0.3) is 0 Å². The Labute approximate surface area is 301 Å². The van der Waals surface area contributed by atoms with E-state index in [0.29, 0.717) is 19.3 Å². The van der Waals surface area contributed by atoms with Crippen LogP contribution in [0.4, 0.5) is 0 Å². The maximum Gasteiger partial charge on any atom is 0.305 e. The molecule has 2 N–H and O–H groups in total. The molecule has 1 unspecified atom stereocenters. The van der Waals surface area contributed by atoms with Gasteiger partial charge in [0.25, 0.3) is 0 Å². The van der Waals surface area contributed by atoms with Gasteiger partial charge in [-0.15, -0.1) is 0 Å². The molecule has 2 atom stereocenters. The van der Waals surface area contributed by atoms with E-state index in [1.165, 1.54) is 77.0 Å². The molecule has 0 amide bonds. The number of carbonyl (C=O) groups excluding carboxylic acids is 2. The van der Waals surface area contributed by atoms with Gasteiger partial charge in [0, 0.05) is 12.8 Å². The Morgan fingerprint density at radius 1 is 0.510 bits per heavy atom. The van der Waals surface area contributed by atoms with Gasteiger partial charge in [-0.25, -0.2) is 0 Å². The summed E-state index contributed by atoms with van der Waals surface area (Å²) in [5, 5.41) is 19.7. The smallest absolute Gasteiger partial charge is 0.305 e. The molecular weight excluding hydrogens is 612 g/mol. The Morgan fingerprint density at radius 3 is 1.39 bits per heavy atom. The minimum Gasteiger partial charge on any atom is -0.463 e. The van der Waals surface area contributed by atoms with Gasteiger partial charge in [-0.1, -0.05) is 166 Å². The highest BCUT2D eigenvalue weighted by Crippen LogP contribution is 2.15. The van der Waals surface area contributed by atoms with E-state index in [9.17, 15) is 19.8 Å². The molecule has 0 spiro atoms. The highest BCUT2D eigenvalue weighted by Gasteiger charge is 2.12. The van der Waals surface area contributed by atoms with E-state index in [1.54, 1.807) is 0 Å². The Bertz CT molecular complexity index is 858. The van der Waals surface area contributed by atoms with Crippen LogP contribution < -0.4 is 0 Å². The van der Waals surface area contributed by atoms with Crippen LogP contribution >= 0.6 is 0 Å². The predicted octanol–water partition coefficient (Wildman–Crippen LogP) is 11.4. The van der Waals surface area contributed by atoms with E-state index in [-0.39, 0.29) is 31.3 Å². The highest BCUT2D eigenvalue weighted by molar-refractivity contribution is 5.69. The number of hydrogen-bond acceptors (Lipinski definition) is 6. The largest absolute Gasteiger partial charge is 0.463 e. The number of aliphatic hydroxyl groups is 2. The molecule has 6 heteroatoms. The van der Waals surface area contributed by atoms with Gasteiger partial charge in [0.2, 0.25) is 0 Å². The molecule has 6 nitrogen and oxygen atoms in total. The van der Waals surface area contributed by atoms with Crippen molar-refractivity contribution in [3.05, 3.63) is 48.6 Å². The molecule has 0 radical (unpaired) electrons. The highest BCUT2D eigenvalue weighted by atomic mass is 16.6. The van der Waals surface area contributed by atoms with Gasteiger partial charge in [-0.2, -0.15) is 0 Å². The van der Waals surface area contributed by atoms with Crippen LogP contribution in [-0.4, -0.2) is 47.6 Å². The molecule has 0 aliphatic rings. The summed E-state index contributed by atoms with van der Waals surface area (Å²) in [5.74, 6) is 0.199. The predicted molar refractivity (Wildman–Crippen MR) is 206 cm³/mol. The van der Waals surface area contributed by atoms with Gasteiger partial charge in [0.1, 0.15) is 19.3 Å². The number of unbranched alkanes of at least 4 members (excludes halogenated alkanes) is 14. The minimum atomic E-state index is -0.995. The lowest BCUT2D eigenvalue weighted by Gasteiger charge is -2.12. The number of allylic oxidation sites excluding steroid dienone is 7. The second kappa shape index (κ2) is 37.1. The fourth-order valence-electron chi connectivity index (χ4n) is 5.51. The van der Waals surface area contributed by atoms with Crippen LogP contribution in [0.2, 0.25) is 0 Å². The molecule has 0 aromatic carbocycles. The van der Waals surface area contributed by atoms with E-state index in [0.717, 1.165) is 70.1 Å². The van der Waals surface area contributed by atoms with Gasteiger partial charge in [-0.3, -0.25) is 9.59 Å². The van der Waals surface area contributed by atoms with Gasteiger partial charge in [0.15, 0.2) is 0 Å². The maximum absolute atomic E-state index is 12.0. The maximum atomic E-state index is 12.0. The zero-order valence-corrected chi connectivity index (χ0v) is 32.0. The monoisotopic (exact) mass is 689 g/mol. The van der Waals surface area contributed by atoms with Crippen molar-refractivity contribution in [3.8, 4) is 0 Å². The first-order valence-corrected chi connectivity index (χ1v) is 20.1. The van der Waals surface area contributed by atoms with Crippen molar-refractivity contribution in [2.24, 2.45) is 5.92 Å². The van der Waals surface area contributed by atoms with Gasteiger partial charge in [-0.05, 0) is 57.3 Å². The molecule has 0 aliphatic heterocycles. The third-order valence-electron chi connectivity index (χ3n) is 8.55. The fraction of sp³-hybridized carbons (Fsp3) is 0.767. The summed E-state index contributed by atoms with van der Waals surface area (Å²) in [7, 11) is 0. The summed E-state index contributed by atoms with van der Waals surface area (Å²) in [6, 6.07) is 0. The SMILES string of the molecule is CCCC(O)C/C=C\C/C=C\C/C=C\C/C=C\CCCC(=O)OC[C@@H](O)COC(=O)CCCCCCCCCCCCCCCCC(C)C. The van der Waals surface area contributed by atoms with Gasteiger partial charge < -0.3 is 19.7 Å². The van der Waals surface area contributed by atoms with Crippen LogP contribution in [0, 0.1) is 5.92 Å². The second-order valence-corrected chi connectivity index (χ2v) is 14.1. The number of ether oxygens (including phenoxy) is 2. The van der Waals surface area contributed by atoms with Gasteiger partial charge >= 0.3 is 11.9 Å². The average Bonchev–Trinajstić information content (AvgIpc) is 3.07. The quantitative estimate of drug-likeness (QED) is 0.0391. The molecule has 0 saturated heterocycles. The molecule has 0 aliphatic carbocycles. The van der Waals surface area contributed by atoms with Crippen LogP contribution in [0.5, 0.6) is 0 Å². The molecule has 0 saturated carbocycles. The van der Waals surface area contributed by atoms with Crippen molar-refractivity contribution >= 4 is 11.9 Å². The van der Waals surface area contributed by atoms with E-state index < -0.39 is 6.10 Å². The molecule has 284 valence electrons. The van der Waals surface area contributed by atoms with E-state index in [2.05, 4.69) is 69.4 Å². The summed E-state index contributed by atoms with van der Waals surface area (Å²) in [5.41, 5.74) is 0. The number of esters is 2. The van der Waals surface area contributed by atoms with Crippen molar-refractivity contribution in [1.29, 1.82) is 0 Å². The number of aliphatic hydroxyl groups excluding tert-OH is 2. The fourth-order valence-corrected chi connectivity index (χ4v) is 5.51. The zero-order valence-electron chi connectivity index (χ0n) is 32.0. The van der Waals surface area contributed by atoms with Gasteiger partial charge in [0.05, 0.1) is 6.10 Å². The summed E-state index contributed by atoms with van der Waals surface area (Å²) < 4.78 is 10.3. The second-order valence-electron chi connectivity index (χ2n) is 14.1. The minimum absolute atomic E-state index is 0.141. The standard InChI is InChI=1S/C43H76O6/c1-4-32-40(44)34-29-25-21-17-13-9-7-11-15-19-23-27-31-36-43(47)49-38-41(45)37-48-42(46)35-30-26-22-18-14-10-6-5-8-12-16-20-24-28-33-39(2)3/h7,11,13,17,19,23,25,29,39-41,44-45H,4-6,8-10,12,14-16,18,20-22,24,26-28,30-38H2,1-3H3/b11-7-,17-13-,23-19-,29-25-/t40?,41-/m0/s1. The van der Waals surface area contributed by atoms with Crippen LogP contribution in [-0.2, 0) is 19.1 Å². The summed E-state index contributed by atoms with van der Waals surface area (Å²) in [6.07, 6.45) is 42.3. The summed E-state index contributed by atoms with van der Waals surface area (Å²) in [4.78, 5) is 23.9. The molecule has 0 bridgehead atoms. The van der Waals surface area contributed by atoms with Crippen molar-refractivity contribution in [2.75, 3.05) is 13.2 Å². The molecule has 0 aromatic rings. The Balaban J connectivity index is 3.54. The average molecular weight is 689 g/mol. The summed E-state index contributed by atoms with van der Waals surface area (Å²) in [6.45, 7) is 6.41. The number of hydrogen-bond donors (Lipinski definition) is 2. The molecule has 49 heavy (non-hydrogen) atoms. The number of rotatable bonds is 35. The van der Waals surface area contributed by atoms with Crippen LogP contribution in [0.1, 0.15) is 181 Å². The number of carbonyl (C=O) groups is 2. The third-order valence-corrected chi connectivity index (χ3v) is 8.55. The van der Waals surface area contributed by atoms with Crippen molar-refractivity contribution in [3.63, 3.8) is 0 Å². The van der Waals surface area contributed by atoms with E-state index in [1.807, 2.05) is 0 Å². The lowest BCUT2D eigenvalue weighted by atomic mass is 10.0. The summed E-state index contributed by atoms with van der Waals surface area (Å²) >= 11 is 0. The molecular formula is C43H76O6. The van der Waals surface area contributed by atoms with Crippen LogP contribution in [0.15, 0.2) is 48.6 Å². The molecule has 0 aromatic heterocycles. The van der Waals surface area contributed by atoms with E-state index in [4.69, 9.17) is 9.47 Å². The Hall–Kier alpha value is -2.18. The molecule has 0 rings (SSSR count). The lowest BCUT2D eigenvalue weighted by molar-refractivity contribution is -0.152. The molecule has 0 heterocycles. The van der Waals surface area contributed by atoms with E-state index >= 15 is 0 Å². The molecule has 0 fully saturated rings. The topological polar surface area (TPSA) is 93.1 Å². The first-order valence-electron chi connectivity index (χ1n) is 20.1. The van der Waals surface area contributed by atoms with Crippen LogP contribution in [0.3, 0.4) is 0 Å². The zero-order chi connectivity index (χ0) is 36.0. The van der Waals surface area contributed by atoms with Crippen molar-refractivity contribution < 1.29 is 29.3 Å².